The number of carbonyl (C=O) groups is 1. The van der Waals surface area contributed by atoms with E-state index in [0.717, 1.165) is 43.9 Å². The summed E-state index contributed by atoms with van der Waals surface area (Å²) in [5.74, 6) is -0.380. The van der Waals surface area contributed by atoms with Crippen LogP contribution in [0.25, 0.3) is 11.3 Å². The van der Waals surface area contributed by atoms with Crippen molar-refractivity contribution < 1.29 is 9.18 Å². The van der Waals surface area contributed by atoms with Crippen LogP contribution in [0.2, 0.25) is 0 Å². The number of amides is 1. The lowest BCUT2D eigenvalue weighted by molar-refractivity contribution is -0.117. The first-order valence-corrected chi connectivity index (χ1v) is 11.0. The van der Waals surface area contributed by atoms with Gasteiger partial charge in [-0.25, -0.2) is 9.37 Å². The van der Waals surface area contributed by atoms with Gasteiger partial charge in [-0.05, 0) is 55.0 Å². The van der Waals surface area contributed by atoms with E-state index in [1.54, 1.807) is 12.1 Å². The molecule has 1 aliphatic heterocycles. The summed E-state index contributed by atoms with van der Waals surface area (Å²) in [6.07, 6.45) is 0.958. The summed E-state index contributed by atoms with van der Waals surface area (Å²) in [6, 6.07) is 15.9. The summed E-state index contributed by atoms with van der Waals surface area (Å²) in [4.78, 5) is 21.4. The summed E-state index contributed by atoms with van der Waals surface area (Å²) in [7, 11) is 0. The summed E-state index contributed by atoms with van der Waals surface area (Å²) in [5, 5.41) is 14.2. The van der Waals surface area contributed by atoms with Gasteiger partial charge in [-0.15, -0.1) is 11.3 Å². The molecular weight excluding hydrogens is 413 g/mol. The lowest BCUT2D eigenvalue weighted by Crippen LogP contribution is -2.36. The molecule has 0 saturated carbocycles. The minimum atomic E-state index is -0.289. The molecule has 2 heterocycles. The van der Waals surface area contributed by atoms with Crippen LogP contribution in [-0.4, -0.2) is 48.5 Å². The zero-order chi connectivity index (χ0) is 21.6. The maximum atomic E-state index is 13.1. The highest BCUT2D eigenvalue weighted by Crippen LogP contribution is 2.25. The number of hydrogen-bond donors (Lipinski definition) is 1. The fourth-order valence-corrected chi connectivity index (χ4v) is 4.32. The zero-order valence-electron chi connectivity index (χ0n) is 16.9. The number of nitrogens with zero attached hydrogens (tertiary/aromatic N) is 4. The number of anilines is 2. The average molecular weight is 436 g/mol. The Morgan fingerprint density at radius 1 is 1.10 bits per heavy atom. The van der Waals surface area contributed by atoms with Gasteiger partial charge in [-0.1, -0.05) is 0 Å². The highest BCUT2D eigenvalue weighted by molar-refractivity contribution is 7.14. The molecule has 1 aromatic heterocycles. The number of thiazole rings is 1. The van der Waals surface area contributed by atoms with Crippen LogP contribution in [-0.2, 0) is 4.79 Å². The molecule has 0 atom stereocenters. The van der Waals surface area contributed by atoms with Crippen molar-refractivity contribution in [3.05, 3.63) is 65.3 Å². The maximum absolute atomic E-state index is 13.1. The van der Waals surface area contributed by atoms with Crippen molar-refractivity contribution in [3.63, 3.8) is 0 Å². The lowest BCUT2D eigenvalue weighted by Gasteiger charge is -2.23. The summed E-state index contributed by atoms with van der Waals surface area (Å²) < 4.78 is 13.1. The van der Waals surface area contributed by atoms with Crippen LogP contribution in [0.5, 0.6) is 0 Å². The van der Waals surface area contributed by atoms with Crippen LogP contribution in [0, 0.1) is 17.1 Å². The molecular formula is C23H22FN5OS. The van der Waals surface area contributed by atoms with Gasteiger partial charge in [-0.3, -0.25) is 9.69 Å². The van der Waals surface area contributed by atoms with Crippen LogP contribution >= 0.6 is 11.3 Å². The number of halogens is 1. The van der Waals surface area contributed by atoms with E-state index in [1.165, 1.54) is 23.5 Å². The van der Waals surface area contributed by atoms with Crippen LogP contribution in [0.15, 0.2) is 53.9 Å². The molecule has 0 aliphatic carbocycles. The maximum Gasteiger partial charge on any atom is 0.240 e. The van der Waals surface area contributed by atoms with Crippen LogP contribution in [0.3, 0.4) is 0 Å². The van der Waals surface area contributed by atoms with E-state index in [4.69, 9.17) is 5.26 Å². The third-order valence-corrected chi connectivity index (χ3v) is 5.97. The van der Waals surface area contributed by atoms with Crippen LogP contribution in [0.4, 0.5) is 15.2 Å². The fourth-order valence-electron chi connectivity index (χ4n) is 3.58. The topological polar surface area (TPSA) is 72.3 Å². The number of benzene rings is 2. The van der Waals surface area contributed by atoms with Gasteiger partial charge >= 0.3 is 0 Å². The van der Waals surface area contributed by atoms with Gasteiger partial charge in [0.1, 0.15) is 5.82 Å². The second-order valence-corrected chi connectivity index (χ2v) is 8.23. The van der Waals surface area contributed by atoms with E-state index in [0.29, 0.717) is 22.9 Å². The predicted octanol–water partition coefficient (Wildman–Crippen LogP) is 3.97. The van der Waals surface area contributed by atoms with Gasteiger partial charge < -0.3 is 10.2 Å². The third kappa shape index (κ3) is 5.45. The number of hydrogen-bond acceptors (Lipinski definition) is 6. The van der Waals surface area contributed by atoms with E-state index >= 15 is 0 Å². The first kappa shape index (κ1) is 21.0. The Hall–Kier alpha value is -3.28. The second-order valence-electron chi connectivity index (χ2n) is 7.37. The smallest absolute Gasteiger partial charge is 0.240 e. The van der Waals surface area contributed by atoms with Crippen molar-refractivity contribution in [1.82, 2.24) is 9.88 Å². The normalized spacial score (nSPS) is 14.6. The summed E-state index contributed by atoms with van der Waals surface area (Å²) in [6.45, 7) is 3.68. The minimum Gasteiger partial charge on any atom is -0.370 e. The van der Waals surface area contributed by atoms with Crippen molar-refractivity contribution in [3.8, 4) is 17.3 Å². The number of nitriles is 1. The first-order chi connectivity index (χ1) is 15.1. The molecule has 0 bridgehead atoms. The van der Waals surface area contributed by atoms with Crippen molar-refractivity contribution >= 4 is 28.1 Å². The standard InChI is InChI=1S/C23H22FN5OS/c24-19-6-4-18(5-7-19)21-16-31-23(26-21)27-22(30)15-28-10-1-11-29(13-12-28)20-8-2-17(14-25)3-9-20/h2-9,16H,1,10-13,15H2,(H,26,27,30). The molecule has 2 aromatic carbocycles. The number of nitrogens with one attached hydrogen (secondary N) is 1. The first-order valence-electron chi connectivity index (χ1n) is 10.1. The SMILES string of the molecule is N#Cc1ccc(N2CCCN(CC(=O)Nc3nc(-c4ccc(F)cc4)cs3)CC2)cc1. The van der Waals surface area contributed by atoms with E-state index in [1.807, 2.05) is 29.6 Å². The molecule has 0 unspecified atom stereocenters. The van der Waals surface area contributed by atoms with E-state index in [2.05, 4.69) is 26.2 Å². The number of rotatable bonds is 5. The molecule has 0 spiro atoms. The van der Waals surface area contributed by atoms with E-state index in [-0.39, 0.29) is 11.7 Å². The molecule has 8 heteroatoms. The molecule has 31 heavy (non-hydrogen) atoms. The molecule has 1 fully saturated rings. The Labute approximate surface area is 184 Å². The molecule has 0 radical (unpaired) electrons. The molecule has 1 amide bonds. The van der Waals surface area contributed by atoms with Crippen LogP contribution in [0.1, 0.15) is 12.0 Å². The quantitative estimate of drug-likeness (QED) is 0.657. The minimum absolute atomic E-state index is 0.0909. The molecule has 1 aliphatic rings. The Kier molecular flexibility index (Phi) is 6.55. The molecule has 3 aromatic rings. The molecule has 6 nitrogen and oxygen atoms in total. The van der Waals surface area contributed by atoms with Crippen molar-refractivity contribution in [2.24, 2.45) is 0 Å². The van der Waals surface area contributed by atoms with Gasteiger partial charge in [0.05, 0.1) is 23.9 Å². The predicted molar refractivity (Wildman–Crippen MR) is 121 cm³/mol. The van der Waals surface area contributed by atoms with Gasteiger partial charge in [0.2, 0.25) is 5.91 Å². The lowest BCUT2D eigenvalue weighted by atomic mass is 10.2. The molecule has 1 saturated heterocycles. The third-order valence-electron chi connectivity index (χ3n) is 5.21. The largest absolute Gasteiger partial charge is 0.370 e. The van der Waals surface area contributed by atoms with Gasteiger partial charge in [0.25, 0.3) is 0 Å². The molecule has 4 rings (SSSR count). The van der Waals surface area contributed by atoms with Crippen molar-refractivity contribution in [2.45, 2.75) is 6.42 Å². The van der Waals surface area contributed by atoms with E-state index in [9.17, 15) is 9.18 Å². The highest BCUT2D eigenvalue weighted by atomic mass is 32.1. The monoisotopic (exact) mass is 435 g/mol. The van der Waals surface area contributed by atoms with Crippen molar-refractivity contribution in [2.75, 3.05) is 42.9 Å². The number of carbonyl (C=O) groups excluding carboxylic acids is 1. The summed E-state index contributed by atoms with van der Waals surface area (Å²) >= 11 is 1.36. The van der Waals surface area contributed by atoms with Crippen LogP contribution < -0.4 is 10.2 Å². The Morgan fingerprint density at radius 3 is 2.61 bits per heavy atom. The van der Waals surface area contributed by atoms with Gasteiger partial charge in [0, 0.05) is 42.8 Å². The molecule has 158 valence electrons. The highest BCUT2D eigenvalue weighted by Gasteiger charge is 2.18. The average Bonchev–Trinajstić information content (AvgIpc) is 3.12. The van der Waals surface area contributed by atoms with E-state index < -0.39 is 0 Å². The Bertz CT molecular complexity index is 1070. The Balaban J connectivity index is 1.30. The van der Waals surface area contributed by atoms with Gasteiger partial charge in [0.15, 0.2) is 5.13 Å². The Morgan fingerprint density at radius 2 is 1.87 bits per heavy atom. The number of aromatic nitrogens is 1. The van der Waals surface area contributed by atoms with Gasteiger partial charge in [-0.2, -0.15) is 5.26 Å². The fraction of sp³-hybridized carbons (Fsp3) is 0.261. The summed E-state index contributed by atoms with van der Waals surface area (Å²) in [5.41, 5.74) is 3.28. The molecule has 1 N–H and O–H groups in total. The second kappa shape index (κ2) is 9.69. The van der Waals surface area contributed by atoms with Crippen molar-refractivity contribution in [1.29, 1.82) is 5.26 Å². The zero-order valence-corrected chi connectivity index (χ0v) is 17.7.